The summed E-state index contributed by atoms with van der Waals surface area (Å²) in [5, 5.41) is 0. The van der Waals surface area contributed by atoms with Crippen molar-refractivity contribution in [1.29, 1.82) is 0 Å². The highest BCUT2D eigenvalue weighted by molar-refractivity contribution is 7.99. The van der Waals surface area contributed by atoms with E-state index in [-0.39, 0.29) is 12.1 Å². The number of carbonyl (C=O) groups excluding carboxylic acids is 1. The first-order chi connectivity index (χ1) is 12.0. The van der Waals surface area contributed by atoms with E-state index in [1.54, 1.807) is 11.8 Å². The van der Waals surface area contributed by atoms with Crippen molar-refractivity contribution in [3.63, 3.8) is 0 Å². The van der Waals surface area contributed by atoms with Gasteiger partial charge in [0.15, 0.2) is 0 Å². The lowest BCUT2D eigenvalue weighted by molar-refractivity contribution is -0.145. The van der Waals surface area contributed by atoms with Gasteiger partial charge in [0.25, 0.3) is 0 Å². The van der Waals surface area contributed by atoms with Crippen LogP contribution in [0, 0.1) is 0 Å². The number of benzene rings is 2. The lowest BCUT2D eigenvalue weighted by Gasteiger charge is -2.17. The second-order valence-electron chi connectivity index (χ2n) is 6.31. The van der Waals surface area contributed by atoms with Gasteiger partial charge in [0, 0.05) is 17.6 Å². The van der Waals surface area contributed by atoms with E-state index in [1.165, 1.54) is 28.5 Å². The van der Waals surface area contributed by atoms with E-state index in [2.05, 4.69) is 56.3 Å². The minimum Gasteiger partial charge on any atom is -0.462 e. The Labute approximate surface area is 155 Å². The van der Waals surface area contributed by atoms with Gasteiger partial charge in [-0.25, -0.2) is 0 Å². The Morgan fingerprint density at radius 3 is 2.40 bits per heavy atom. The van der Waals surface area contributed by atoms with Crippen molar-refractivity contribution >= 4 is 23.8 Å². The van der Waals surface area contributed by atoms with Crippen LogP contribution in [0.5, 0.6) is 0 Å². The van der Waals surface area contributed by atoms with Gasteiger partial charge in [0.05, 0.1) is 0 Å². The molecule has 2 aromatic carbocycles. The van der Waals surface area contributed by atoms with E-state index < -0.39 is 0 Å². The van der Waals surface area contributed by atoms with Gasteiger partial charge in [0.1, 0.15) is 6.10 Å². The fourth-order valence-corrected chi connectivity index (χ4v) is 3.61. The zero-order chi connectivity index (χ0) is 18.1. The van der Waals surface area contributed by atoms with Gasteiger partial charge in [-0.2, -0.15) is 0 Å². The lowest BCUT2D eigenvalue weighted by atomic mass is 10.00. The number of thioether (sulfide) groups is 1. The average molecular weight is 355 g/mol. The van der Waals surface area contributed by atoms with Gasteiger partial charge in [-0.05, 0) is 49.9 Å². The molecule has 0 bridgehead atoms. The molecule has 0 aliphatic rings. The molecule has 132 valence electrons. The SMILES string of the molecule is CC(=O)OC(CCc1ccccc1C=C(C)C)CSc1ccccc1. The molecule has 0 saturated carbocycles. The van der Waals surface area contributed by atoms with E-state index in [1.807, 2.05) is 18.2 Å². The molecule has 3 heteroatoms. The maximum atomic E-state index is 11.4. The molecule has 25 heavy (non-hydrogen) atoms. The Hall–Kier alpha value is -2.00. The molecule has 0 spiro atoms. The smallest absolute Gasteiger partial charge is 0.302 e. The second-order valence-corrected chi connectivity index (χ2v) is 7.41. The summed E-state index contributed by atoms with van der Waals surface area (Å²) in [6.45, 7) is 5.70. The molecule has 2 aromatic rings. The second kappa shape index (κ2) is 10.1. The van der Waals surface area contributed by atoms with Crippen LogP contribution in [0.2, 0.25) is 0 Å². The number of hydrogen-bond donors (Lipinski definition) is 0. The molecule has 1 atom stereocenters. The Morgan fingerprint density at radius 1 is 1.04 bits per heavy atom. The highest BCUT2D eigenvalue weighted by Crippen LogP contribution is 2.22. The highest BCUT2D eigenvalue weighted by atomic mass is 32.2. The minimum atomic E-state index is -0.212. The summed E-state index contributed by atoms with van der Waals surface area (Å²) in [6, 6.07) is 18.7. The predicted molar refractivity (Wildman–Crippen MR) is 107 cm³/mol. The number of ether oxygens (including phenoxy) is 1. The Morgan fingerprint density at radius 2 is 1.72 bits per heavy atom. The summed E-state index contributed by atoms with van der Waals surface area (Å²) in [5.74, 6) is 0.560. The van der Waals surface area contributed by atoms with Crippen LogP contribution in [0.4, 0.5) is 0 Å². The maximum Gasteiger partial charge on any atom is 0.302 e. The van der Waals surface area contributed by atoms with Crippen molar-refractivity contribution < 1.29 is 9.53 Å². The maximum absolute atomic E-state index is 11.4. The van der Waals surface area contributed by atoms with Gasteiger partial charge in [-0.3, -0.25) is 4.79 Å². The number of rotatable bonds is 8. The molecule has 2 rings (SSSR count). The molecule has 0 aliphatic carbocycles. The van der Waals surface area contributed by atoms with Crippen molar-refractivity contribution in [1.82, 2.24) is 0 Å². The van der Waals surface area contributed by atoms with Crippen molar-refractivity contribution in [2.24, 2.45) is 0 Å². The first kappa shape index (κ1) is 19.3. The van der Waals surface area contributed by atoms with Crippen LogP contribution in [0.15, 0.2) is 65.1 Å². The molecule has 1 unspecified atom stereocenters. The molecule has 0 radical (unpaired) electrons. The van der Waals surface area contributed by atoms with Crippen LogP contribution in [0.1, 0.15) is 38.3 Å². The summed E-state index contributed by atoms with van der Waals surface area (Å²) < 4.78 is 5.54. The first-order valence-corrected chi connectivity index (χ1v) is 9.61. The van der Waals surface area contributed by atoms with Crippen LogP contribution < -0.4 is 0 Å². The fourth-order valence-electron chi connectivity index (χ4n) is 2.65. The van der Waals surface area contributed by atoms with E-state index in [0.29, 0.717) is 0 Å². The van der Waals surface area contributed by atoms with Gasteiger partial charge >= 0.3 is 5.97 Å². The van der Waals surface area contributed by atoms with Crippen molar-refractivity contribution in [3.8, 4) is 0 Å². The van der Waals surface area contributed by atoms with E-state index >= 15 is 0 Å². The lowest BCUT2D eigenvalue weighted by Crippen LogP contribution is -2.20. The Balaban J connectivity index is 2.00. The monoisotopic (exact) mass is 354 g/mol. The third kappa shape index (κ3) is 7.18. The molecular formula is C22H26O2S. The van der Waals surface area contributed by atoms with Gasteiger partial charge < -0.3 is 4.74 Å². The molecule has 2 nitrogen and oxygen atoms in total. The van der Waals surface area contributed by atoms with Crippen molar-refractivity contribution in [3.05, 3.63) is 71.3 Å². The van der Waals surface area contributed by atoms with Crippen LogP contribution >= 0.6 is 11.8 Å². The largest absolute Gasteiger partial charge is 0.462 e. The van der Waals surface area contributed by atoms with E-state index in [9.17, 15) is 4.79 Å². The number of aryl methyl sites for hydroxylation is 1. The normalized spacial score (nSPS) is 11.6. The van der Waals surface area contributed by atoms with Crippen LogP contribution in [0.3, 0.4) is 0 Å². The molecule has 0 saturated heterocycles. The number of esters is 1. The van der Waals surface area contributed by atoms with Crippen LogP contribution in [0.25, 0.3) is 6.08 Å². The van der Waals surface area contributed by atoms with Gasteiger partial charge in [-0.15, -0.1) is 11.8 Å². The Kier molecular flexibility index (Phi) is 7.80. The molecule has 0 N–H and O–H groups in total. The summed E-state index contributed by atoms with van der Waals surface area (Å²) in [5.41, 5.74) is 3.83. The number of carbonyl (C=O) groups is 1. The third-order valence-electron chi connectivity index (χ3n) is 3.75. The standard InChI is InChI=1S/C22H26O2S/c1-17(2)15-20-10-8-7-9-19(20)13-14-21(24-18(3)23)16-25-22-11-5-4-6-12-22/h4-12,15,21H,13-14,16H2,1-3H3. The summed E-state index contributed by atoms with van der Waals surface area (Å²) >= 11 is 1.73. The zero-order valence-electron chi connectivity index (χ0n) is 15.2. The zero-order valence-corrected chi connectivity index (χ0v) is 16.0. The van der Waals surface area contributed by atoms with Gasteiger partial charge in [0.2, 0.25) is 0 Å². The molecule has 0 heterocycles. The number of allylic oxidation sites excluding steroid dienone is 1. The molecule has 0 aliphatic heterocycles. The molecular weight excluding hydrogens is 328 g/mol. The fraction of sp³-hybridized carbons (Fsp3) is 0.318. The Bertz CT molecular complexity index is 703. The van der Waals surface area contributed by atoms with Crippen molar-refractivity contribution in [2.45, 2.75) is 44.6 Å². The predicted octanol–water partition coefficient (Wildman–Crippen LogP) is 5.77. The summed E-state index contributed by atoms with van der Waals surface area (Å²) in [7, 11) is 0. The number of hydrogen-bond acceptors (Lipinski definition) is 3. The molecule has 0 aromatic heterocycles. The summed E-state index contributed by atoms with van der Waals surface area (Å²) in [4.78, 5) is 12.6. The average Bonchev–Trinajstić information content (AvgIpc) is 2.58. The van der Waals surface area contributed by atoms with Gasteiger partial charge in [-0.1, -0.05) is 54.1 Å². The summed E-state index contributed by atoms with van der Waals surface area (Å²) in [6.07, 6.45) is 3.84. The van der Waals surface area contributed by atoms with E-state index in [4.69, 9.17) is 4.74 Å². The molecule has 0 amide bonds. The van der Waals surface area contributed by atoms with Crippen LogP contribution in [-0.2, 0) is 16.0 Å². The van der Waals surface area contributed by atoms with Crippen molar-refractivity contribution in [2.75, 3.05) is 5.75 Å². The van der Waals surface area contributed by atoms with Crippen LogP contribution in [-0.4, -0.2) is 17.8 Å². The third-order valence-corrected chi connectivity index (χ3v) is 4.89. The molecule has 0 fully saturated rings. The highest BCUT2D eigenvalue weighted by Gasteiger charge is 2.14. The topological polar surface area (TPSA) is 26.3 Å². The minimum absolute atomic E-state index is 0.0811. The van der Waals surface area contributed by atoms with E-state index in [0.717, 1.165) is 18.6 Å². The quantitative estimate of drug-likeness (QED) is 0.445. The first-order valence-electron chi connectivity index (χ1n) is 8.62.